The molecule has 0 heterocycles. The Morgan fingerprint density at radius 1 is 1.12 bits per heavy atom. The van der Waals surface area contributed by atoms with Crippen LogP contribution < -0.4 is 5.48 Å². The van der Waals surface area contributed by atoms with Gasteiger partial charge in [0, 0.05) is 13.2 Å². The van der Waals surface area contributed by atoms with Crippen molar-refractivity contribution in [3.05, 3.63) is 0 Å². The Bertz CT molecular complexity index is 154. The topological polar surface area (TPSA) is 50.7 Å². The Balaban J connectivity index is 3.14. The van der Waals surface area contributed by atoms with Gasteiger partial charge in [-0.15, -0.1) is 0 Å². The molecule has 0 saturated carbocycles. The maximum Gasteiger partial charge on any atom is 0.0920 e. The Hall–Kier alpha value is -0.160. The zero-order chi connectivity index (χ0) is 12.9. The maximum atomic E-state index is 9.55. The number of ether oxygens (including phenoxy) is 1. The second-order valence-electron chi connectivity index (χ2n) is 4.84. The third kappa shape index (κ3) is 13.8. The van der Waals surface area contributed by atoms with Crippen LogP contribution in [0.3, 0.4) is 0 Å². The summed E-state index contributed by atoms with van der Waals surface area (Å²) in [5.41, 5.74) is 2.75. The van der Waals surface area contributed by atoms with E-state index in [9.17, 15) is 5.11 Å². The summed E-state index contributed by atoms with van der Waals surface area (Å²) in [6.45, 7) is 8.54. The Kier molecular flexibility index (Phi) is 12.2. The van der Waals surface area contributed by atoms with E-state index >= 15 is 0 Å². The summed E-state index contributed by atoms with van der Waals surface area (Å²) in [7, 11) is 0. The summed E-state index contributed by atoms with van der Waals surface area (Å²) < 4.78 is 5.37. The number of nitrogens with one attached hydrogen (secondary N) is 1. The normalized spacial score (nSPS) is 13.2. The van der Waals surface area contributed by atoms with E-state index in [0.717, 1.165) is 13.0 Å². The van der Waals surface area contributed by atoms with Gasteiger partial charge in [0.15, 0.2) is 0 Å². The van der Waals surface area contributed by atoms with Gasteiger partial charge in [-0.3, -0.25) is 0 Å². The standard InChI is InChI=1S/C13H29NO3/c1-4-5-6-7-8-16-11-13(15)9-14-17-10-12(2)3/h12-15H,4-11H2,1-3H3. The van der Waals surface area contributed by atoms with Crippen molar-refractivity contribution < 1.29 is 14.7 Å². The fraction of sp³-hybridized carbons (Fsp3) is 1.00. The number of aliphatic hydroxyl groups excluding tert-OH is 1. The molecule has 4 nitrogen and oxygen atoms in total. The number of hydrogen-bond donors (Lipinski definition) is 2. The van der Waals surface area contributed by atoms with Gasteiger partial charge in [0.05, 0.1) is 19.3 Å². The summed E-state index contributed by atoms with van der Waals surface area (Å²) in [6.07, 6.45) is 4.30. The van der Waals surface area contributed by atoms with E-state index in [1.165, 1.54) is 19.3 Å². The minimum Gasteiger partial charge on any atom is -0.389 e. The first-order valence-corrected chi connectivity index (χ1v) is 6.77. The minimum atomic E-state index is -0.492. The van der Waals surface area contributed by atoms with Gasteiger partial charge in [-0.05, 0) is 12.3 Å². The van der Waals surface area contributed by atoms with Crippen molar-refractivity contribution in [1.82, 2.24) is 5.48 Å². The second kappa shape index (κ2) is 12.3. The lowest BCUT2D eigenvalue weighted by atomic mass is 10.2. The molecule has 17 heavy (non-hydrogen) atoms. The van der Waals surface area contributed by atoms with Crippen LogP contribution >= 0.6 is 0 Å². The van der Waals surface area contributed by atoms with E-state index in [2.05, 4.69) is 26.3 Å². The average Bonchev–Trinajstić information content (AvgIpc) is 2.29. The van der Waals surface area contributed by atoms with Crippen molar-refractivity contribution in [3.8, 4) is 0 Å². The summed E-state index contributed by atoms with van der Waals surface area (Å²) in [4.78, 5) is 5.16. The van der Waals surface area contributed by atoms with E-state index in [1.54, 1.807) is 0 Å². The molecule has 4 heteroatoms. The van der Waals surface area contributed by atoms with Crippen molar-refractivity contribution >= 4 is 0 Å². The second-order valence-corrected chi connectivity index (χ2v) is 4.84. The molecular weight excluding hydrogens is 218 g/mol. The predicted octanol–water partition coefficient (Wildman–Crippen LogP) is 2.12. The van der Waals surface area contributed by atoms with E-state index in [1.807, 2.05) is 0 Å². The third-order valence-corrected chi connectivity index (χ3v) is 2.29. The van der Waals surface area contributed by atoms with Crippen LogP contribution in [0.1, 0.15) is 46.5 Å². The van der Waals surface area contributed by atoms with Gasteiger partial charge >= 0.3 is 0 Å². The summed E-state index contributed by atoms with van der Waals surface area (Å²) in [5.74, 6) is 0.495. The third-order valence-electron chi connectivity index (χ3n) is 2.29. The van der Waals surface area contributed by atoms with E-state index in [-0.39, 0.29) is 0 Å². The van der Waals surface area contributed by atoms with Crippen molar-refractivity contribution in [2.75, 3.05) is 26.4 Å². The quantitative estimate of drug-likeness (QED) is 0.410. The highest BCUT2D eigenvalue weighted by molar-refractivity contribution is 4.54. The Morgan fingerprint density at radius 2 is 1.88 bits per heavy atom. The van der Waals surface area contributed by atoms with Crippen LogP contribution in [0.25, 0.3) is 0 Å². The van der Waals surface area contributed by atoms with E-state index < -0.39 is 6.10 Å². The molecule has 0 aromatic rings. The SMILES string of the molecule is CCCCCCOCC(O)CNOCC(C)C. The molecule has 0 aliphatic heterocycles. The van der Waals surface area contributed by atoms with Crippen molar-refractivity contribution in [2.45, 2.75) is 52.6 Å². The van der Waals surface area contributed by atoms with Gasteiger partial charge in [-0.2, -0.15) is 5.48 Å². The van der Waals surface area contributed by atoms with Crippen LogP contribution in [-0.4, -0.2) is 37.6 Å². The molecule has 0 amide bonds. The minimum absolute atomic E-state index is 0.379. The number of unbranched alkanes of at least 4 members (excludes halogenated alkanes) is 3. The molecule has 0 aromatic carbocycles. The van der Waals surface area contributed by atoms with E-state index in [0.29, 0.717) is 25.7 Å². The van der Waals surface area contributed by atoms with Crippen LogP contribution in [0.5, 0.6) is 0 Å². The van der Waals surface area contributed by atoms with Crippen LogP contribution in [0.4, 0.5) is 0 Å². The van der Waals surface area contributed by atoms with Crippen LogP contribution in [0.2, 0.25) is 0 Å². The molecule has 0 saturated heterocycles. The van der Waals surface area contributed by atoms with Crippen LogP contribution in [0, 0.1) is 5.92 Å². The molecule has 0 spiro atoms. The fourth-order valence-electron chi connectivity index (χ4n) is 1.29. The lowest BCUT2D eigenvalue weighted by Gasteiger charge is -2.13. The number of aliphatic hydroxyl groups is 1. The Labute approximate surface area is 106 Å². The zero-order valence-corrected chi connectivity index (χ0v) is 11.6. The molecule has 0 radical (unpaired) electrons. The molecule has 0 fully saturated rings. The van der Waals surface area contributed by atoms with Gasteiger partial charge in [0.1, 0.15) is 0 Å². The van der Waals surface area contributed by atoms with Gasteiger partial charge in [0.2, 0.25) is 0 Å². The number of rotatable bonds is 12. The first-order valence-electron chi connectivity index (χ1n) is 6.77. The average molecular weight is 247 g/mol. The molecule has 0 aliphatic rings. The monoisotopic (exact) mass is 247 g/mol. The van der Waals surface area contributed by atoms with Gasteiger partial charge in [0.25, 0.3) is 0 Å². The lowest BCUT2D eigenvalue weighted by molar-refractivity contribution is -0.0229. The molecule has 1 unspecified atom stereocenters. The van der Waals surface area contributed by atoms with Crippen molar-refractivity contribution in [2.24, 2.45) is 5.92 Å². The summed E-state index contributed by atoms with van der Waals surface area (Å²) in [5, 5.41) is 9.55. The van der Waals surface area contributed by atoms with Gasteiger partial charge < -0.3 is 14.7 Å². The highest BCUT2D eigenvalue weighted by atomic mass is 16.6. The summed E-state index contributed by atoms with van der Waals surface area (Å²) >= 11 is 0. The molecule has 0 bridgehead atoms. The van der Waals surface area contributed by atoms with Gasteiger partial charge in [-0.25, -0.2) is 0 Å². The largest absolute Gasteiger partial charge is 0.389 e. The molecule has 2 N–H and O–H groups in total. The highest BCUT2D eigenvalue weighted by Gasteiger charge is 2.04. The van der Waals surface area contributed by atoms with Crippen LogP contribution in [0.15, 0.2) is 0 Å². The molecular formula is C13H29NO3. The summed E-state index contributed by atoms with van der Waals surface area (Å²) in [6, 6.07) is 0. The zero-order valence-electron chi connectivity index (χ0n) is 11.6. The van der Waals surface area contributed by atoms with Crippen molar-refractivity contribution in [1.29, 1.82) is 0 Å². The predicted molar refractivity (Wildman–Crippen MR) is 69.8 cm³/mol. The first kappa shape index (κ1) is 16.8. The van der Waals surface area contributed by atoms with E-state index in [4.69, 9.17) is 9.57 Å². The molecule has 1 atom stereocenters. The number of hydrogen-bond acceptors (Lipinski definition) is 4. The molecule has 0 aliphatic carbocycles. The molecule has 0 rings (SSSR count). The van der Waals surface area contributed by atoms with Crippen LogP contribution in [-0.2, 0) is 9.57 Å². The lowest BCUT2D eigenvalue weighted by Crippen LogP contribution is -2.31. The molecule has 104 valence electrons. The number of hydroxylamine groups is 1. The Morgan fingerprint density at radius 3 is 2.53 bits per heavy atom. The molecule has 0 aromatic heterocycles. The maximum absolute atomic E-state index is 9.55. The van der Waals surface area contributed by atoms with Crippen molar-refractivity contribution in [3.63, 3.8) is 0 Å². The first-order chi connectivity index (χ1) is 8.16. The fourth-order valence-corrected chi connectivity index (χ4v) is 1.29. The highest BCUT2D eigenvalue weighted by Crippen LogP contribution is 1.99. The smallest absolute Gasteiger partial charge is 0.0920 e. The van der Waals surface area contributed by atoms with Gasteiger partial charge in [-0.1, -0.05) is 40.0 Å².